The Kier molecular flexibility index (Phi) is 9.55. The van der Waals surface area contributed by atoms with Crippen molar-refractivity contribution < 1.29 is 14.3 Å². The van der Waals surface area contributed by atoms with Crippen molar-refractivity contribution in [3.05, 3.63) is 0 Å². The van der Waals surface area contributed by atoms with E-state index in [9.17, 15) is 9.59 Å². The summed E-state index contributed by atoms with van der Waals surface area (Å²) < 4.78 is 5.12. The predicted molar refractivity (Wildman–Crippen MR) is 68.7 cm³/mol. The van der Waals surface area contributed by atoms with E-state index >= 15 is 0 Å². The van der Waals surface area contributed by atoms with Gasteiger partial charge < -0.3 is 15.4 Å². The Morgan fingerprint density at radius 2 is 1.94 bits per heavy atom. The first-order valence-corrected chi connectivity index (χ1v) is 6.90. The summed E-state index contributed by atoms with van der Waals surface area (Å²) in [5, 5.41) is 5.13. The molecule has 2 N–H and O–H groups in total. The van der Waals surface area contributed by atoms with E-state index in [4.69, 9.17) is 4.74 Å². The Morgan fingerprint density at radius 3 is 2.50 bits per heavy atom. The van der Waals surface area contributed by atoms with E-state index < -0.39 is 0 Å². The first kappa shape index (κ1) is 15.6. The molecule has 0 aliphatic rings. The molecule has 0 heterocycles. The molecule has 0 aromatic rings. The summed E-state index contributed by atoms with van der Waals surface area (Å²) in [7, 11) is 0.838. The molecule has 0 atom stereocenters. The van der Waals surface area contributed by atoms with Gasteiger partial charge in [0, 0.05) is 23.9 Å². The lowest BCUT2D eigenvalue weighted by atomic mass is 10.4. The summed E-state index contributed by atoms with van der Waals surface area (Å²) >= 11 is 3.74. The van der Waals surface area contributed by atoms with E-state index in [0.717, 1.165) is 10.8 Å². The maximum atomic E-state index is 11.2. The van der Waals surface area contributed by atoms with Crippen LogP contribution in [0.3, 0.4) is 0 Å². The van der Waals surface area contributed by atoms with Crippen LogP contribution in [0.4, 0.5) is 4.79 Å². The van der Waals surface area contributed by atoms with E-state index in [1.165, 1.54) is 0 Å². The molecule has 16 heavy (non-hydrogen) atoms. The van der Waals surface area contributed by atoms with Crippen LogP contribution in [0.2, 0.25) is 0 Å². The van der Waals surface area contributed by atoms with Gasteiger partial charge in [-0.3, -0.25) is 9.59 Å². The van der Waals surface area contributed by atoms with Gasteiger partial charge >= 0.3 is 0 Å². The minimum absolute atomic E-state index is 0.0532. The number of hydrogen-bond acceptors (Lipinski definition) is 5. The van der Waals surface area contributed by atoms with Gasteiger partial charge in [0.05, 0.1) is 6.10 Å². The standard InChI is InChI=1S/C9H18N2O3S2/c1-7(2)14-6-8(12)10-4-3-5-11-9(13)16-15/h7,15H,3-6H2,1-2H3,(H,10,12)(H,11,13). The highest BCUT2D eigenvalue weighted by Crippen LogP contribution is 2.04. The molecule has 0 aromatic heterocycles. The fourth-order valence-electron chi connectivity index (χ4n) is 0.832. The summed E-state index contributed by atoms with van der Waals surface area (Å²) in [5.41, 5.74) is 0. The average molecular weight is 266 g/mol. The molecule has 0 fully saturated rings. The monoisotopic (exact) mass is 266 g/mol. The van der Waals surface area contributed by atoms with Gasteiger partial charge in [0.15, 0.2) is 0 Å². The van der Waals surface area contributed by atoms with Gasteiger partial charge in [0.2, 0.25) is 5.91 Å². The third-order valence-electron chi connectivity index (χ3n) is 1.58. The fraction of sp³-hybridized carbons (Fsp3) is 0.778. The molecule has 0 radical (unpaired) electrons. The van der Waals surface area contributed by atoms with Crippen LogP contribution >= 0.6 is 22.5 Å². The highest BCUT2D eigenvalue weighted by atomic mass is 33.1. The van der Waals surface area contributed by atoms with Crippen LogP contribution in [-0.4, -0.2) is 36.9 Å². The molecular formula is C9H18N2O3S2. The lowest BCUT2D eigenvalue weighted by Gasteiger charge is -2.08. The zero-order chi connectivity index (χ0) is 12.4. The molecule has 0 unspecified atom stereocenters. The lowest BCUT2D eigenvalue weighted by Crippen LogP contribution is -2.31. The molecule has 0 aliphatic carbocycles. The molecule has 94 valence electrons. The predicted octanol–water partition coefficient (Wildman–Crippen LogP) is 1.21. The zero-order valence-electron chi connectivity index (χ0n) is 9.49. The van der Waals surface area contributed by atoms with E-state index in [1.54, 1.807) is 0 Å². The van der Waals surface area contributed by atoms with Gasteiger partial charge in [-0.15, -0.1) is 11.7 Å². The Labute approximate surface area is 105 Å². The van der Waals surface area contributed by atoms with Crippen molar-refractivity contribution in [2.24, 2.45) is 0 Å². The number of hydrogen-bond donors (Lipinski definition) is 3. The number of carbonyl (C=O) groups excluding carboxylic acids is 2. The Hall–Kier alpha value is -0.400. The minimum atomic E-state index is -0.183. The normalized spacial score (nSPS) is 10.2. The fourth-order valence-corrected chi connectivity index (χ4v) is 1.19. The molecule has 2 amide bonds. The first-order valence-electron chi connectivity index (χ1n) is 5.03. The molecule has 0 rings (SSSR count). The maximum Gasteiger partial charge on any atom is 0.289 e. The van der Waals surface area contributed by atoms with Crippen LogP contribution < -0.4 is 10.6 Å². The topological polar surface area (TPSA) is 67.4 Å². The van der Waals surface area contributed by atoms with Crippen LogP contribution in [0.25, 0.3) is 0 Å². The van der Waals surface area contributed by atoms with E-state index in [0.29, 0.717) is 19.5 Å². The van der Waals surface area contributed by atoms with E-state index in [-0.39, 0.29) is 23.9 Å². The molecule has 7 heteroatoms. The molecule has 0 aliphatic heterocycles. The van der Waals surface area contributed by atoms with Gasteiger partial charge in [-0.25, -0.2) is 0 Å². The molecule has 0 saturated heterocycles. The SMILES string of the molecule is CC(C)OCC(=O)NCCCNC(=O)SS. The second-order valence-corrected chi connectivity index (χ2v) is 4.47. The maximum absolute atomic E-state index is 11.2. The van der Waals surface area contributed by atoms with Crippen molar-refractivity contribution in [1.82, 2.24) is 10.6 Å². The van der Waals surface area contributed by atoms with Crippen molar-refractivity contribution in [1.29, 1.82) is 0 Å². The number of carbonyl (C=O) groups is 2. The third kappa shape index (κ3) is 10.1. The smallest absolute Gasteiger partial charge is 0.289 e. The van der Waals surface area contributed by atoms with Gasteiger partial charge in [0.1, 0.15) is 6.61 Å². The molecule has 5 nitrogen and oxygen atoms in total. The Bertz CT molecular complexity index is 225. The second-order valence-electron chi connectivity index (χ2n) is 3.37. The summed E-state index contributed by atoms with van der Waals surface area (Å²) in [6.45, 7) is 4.88. The van der Waals surface area contributed by atoms with E-state index in [2.05, 4.69) is 22.3 Å². The van der Waals surface area contributed by atoms with E-state index in [1.807, 2.05) is 13.8 Å². The largest absolute Gasteiger partial charge is 0.369 e. The van der Waals surface area contributed by atoms with Crippen LogP contribution in [-0.2, 0) is 9.53 Å². The molecule has 0 spiro atoms. The minimum Gasteiger partial charge on any atom is -0.369 e. The van der Waals surface area contributed by atoms with Crippen molar-refractivity contribution in [2.75, 3.05) is 19.7 Å². The highest BCUT2D eigenvalue weighted by molar-refractivity contribution is 8.74. The van der Waals surface area contributed by atoms with Gasteiger partial charge in [-0.05, 0) is 20.3 Å². The lowest BCUT2D eigenvalue weighted by molar-refractivity contribution is -0.127. The van der Waals surface area contributed by atoms with Crippen LogP contribution in [0.5, 0.6) is 0 Å². The average Bonchev–Trinajstić information content (AvgIpc) is 2.25. The summed E-state index contributed by atoms with van der Waals surface area (Å²) in [6.07, 6.45) is 0.741. The van der Waals surface area contributed by atoms with Crippen molar-refractivity contribution >= 4 is 33.6 Å². The van der Waals surface area contributed by atoms with Gasteiger partial charge in [0.25, 0.3) is 5.24 Å². The first-order chi connectivity index (χ1) is 7.56. The van der Waals surface area contributed by atoms with Gasteiger partial charge in [-0.2, -0.15) is 0 Å². The summed E-state index contributed by atoms with van der Waals surface area (Å²) in [6, 6.07) is 0. The number of amides is 2. The Balaban J connectivity index is 3.31. The quantitative estimate of drug-likeness (QED) is 0.368. The van der Waals surface area contributed by atoms with Crippen molar-refractivity contribution in [2.45, 2.75) is 26.4 Å². The highest BCUT2D eigenvalue weighted by Gasteiger charge is 2.02. The number of ether oxygens (including phenoxy) is 1. The number of rotatable bonds is 7. The third-order valence-corrected chi connectivity index (χ3v) is 2.38. The van der Waals surface area contributed by atoms with Gasteiger partial charge in [-0.1, -0.05) is 0 Å². The molecule has 0 bridgehead atoms. The number of nitrogens with one attached hydrogen (secondary N) is 2. The molecular weight excluding hydrogens is 248 g/mol. The number of thiol groups is 1. The molecule has 0 saturated carbocycles. The zero-order valence-corrected chi connectivity index (χ0v) is 11.2. The summed E-state index contributed by atoms with van der Waals surface area (Å²) in [5.74, 6) is -0.136. The van der Waals surface area contributed by atoms with Crippen LogP contribution in [0.15, 0.2) is 0 Å². The van der Waals surface area contributed by atoms with Crippen LogP contribution in [0, 0.1) is 0 Å². The van der Waals surface area contributed by atoms with Crippen molar-refractivity contribution in [3.63, 3.8) is 0 Å². The van der Waals surface area contributed by atoms with Crippen molar-refractivity contribution in [3.8, 4) is 0 Å². The Morgan fingerprint density at radius 1 is 1.31 bits per heavy atom. The second kappa shape index (κ2) is 9.80. The van der Waals surface area contributed by atoms with Crippen LogP contribution in [0.1, 0.15) is 20.3 Å². The molecule has 0 aromatic carbocycles. The summed E-state index contributed by atoms with van der Waals surface area (Å²) in [4.78, 5) is 21.9.